The Bertz CT molecular complexity index is 1100. The molecule has 2 aromatic heterocycles. The summed E-state index contributed by atoms with van der Waals surface area (Å²) in [5.74, 6) is -0.401. The lowest BCUT2D eigenvalue weighted by atomic mass is 10.0. The third-order valence-electron chi connectivity index (χ3n) is 4.18. The maximum atomic E-state index is 13.5. The maximum Gasteiger partial charge on any atom is 0.197 e. The predicted molar refractivity (Wildman–Crippen MR) is 89.9 cm³/mol. The van der Waals surface area contributed by atoms with Crippen LogP contribution in [0.25, 0.3) is 32.9 Å². The van der Waals surface area contributed by atoms with Crippen LogP contribution in [0.3, 0.4) is 0 Å². The number of hydrogen-bond acceptors (Lipinski definition) is 2. The molecule has 23 heavy (non-hydrogen) atoms. The van der Waals surface area contributed by atoms with E-state index in [0.717, 1.165) is 22.2 Å². The van der Waals surface area contributed by atoms with Gasteiger partial charge in [0, 0.05) is 30.2 Å². The predicted octanol–water partition coefficient (Wildman–Crippen LogP) is 3.89. The molecule has 2 heterocycles. The van der Waals surface area contributed by atoms with Crippen molar-refractivity contribution >= 4 is 21.8 Å². The summed E-state index contributed by atoms with van der Waals surface area (Å²) in [4.78, 5) is 16.7. The number of fused-ring (bicyclic) bond motifs is 2. The number of aromatic nitrogens is 2. The fourth-order valence-corrected chi connectivity index (χ4v) is 2.98. The van der Waals surface area contributed by atoms with E-state index in [2.05, 4.69) is 4.98 Å². The fraction of sp³-hybridized carbons (Fsp3) is 0.0526. The maximum absolute atomic E-state index is 13.5. The third kappa shape index (κ3) is 2.11. The van der Waals surface area contributed by atoms with Gasteiger partial charge in [0.2, 0.25) is 0 Å². The van der Waals surface area contributed by atoms with Gasteiger partial charge in [0.05, 0.1) is 11.0 Å². The molecule has 0 unspecified atom stereocenters. The van der Waals surface area contributed by atoms with E-state index in [9.17, 15) is 9.18 Å². The number of halogens is 1. The van der Waals surface area contributed by atoms with Gasteiger partial charge in [-0.05, 0) is 53.6 Å². The van der Waals surface area contributed by atoms with E-state index in [4.69, 9.17) is 0 Å². The first kappa shape index (κ1) is 13.6. The van der Waals surface area contributed by atoms with E-state index in [0.29, 0.717) is 10.8 Å². The van der Waals surface area contributed by atoms with Gasteiger partial charge >= 0.3 is 0 Å². The molecule has 112 valence electrons. The van der Waals surface area contributed by atoms with Crippen molar-refractivity contribution in [2.75, 3.05) is 0 Å². The molecule has 0 N–H and O–H groups in total. The number of benzene rings is 2. The lowest BCUT2D eigenvalue weighted by Gasteiger charge is -2.12. The van der Waals surface area contributed by atoms with Crippen LogP contribution >= 0.6 is 0 Å². The van der Waals surface area contributed by atoms with Crippen LogP contribution in [0.4, 0.5) is 4.39 Å². The van der Waals surface area contributed by atoms with Gasteiger partial charge in [-0.3, -0.25) is 9.78 Å². The first-order valence-electron chi connectivity index (χ1n) is 7.27. The van der Waals surface area contributed by atoms with E-state index in [1.54, 1.807) is 24.5 Å². The second-order valence-electron chi connectivity index (χ2n) is 5.52. The van der Waals surface area contributed by atoms with Crippen LogP contribution in [-0.4, -0.2) is 9.55 Å². The molecule has 0 amide bonds. The minimum absolute atomic E-state index is 0.145. The quantitative estimate of drug-likeness (QED) is 0.500. The Morgan fingerprint density at radius 1 is 0.870 bits per heavy atom. The largest absolute Gasteiger partial charge is 0.343 e. The zero-order valence-electron chi connectivity index (χ0n) is 12.5. The van der Waals surface area contributed by atoms with E-state index in [1.165, 1.54) is 12.1 Å². The highest BCUT2D eigenvalue weighted by Crippen LogP contribution is 2.25. The Labute approximate surface area is 131 Å². The molecule has 0 atom stereocenters. The lowest BCUT2D eigenvalue weighted by molar-refractivity contribution is 0.629. The SMILES string of the molecule is Cn1c2ccc(F)cc2c(=O)c2ccc(-c3ccncc3)cc21. The summed E-state index contributed by atoms with van der Waals surface area (Å²) in [5.41, 5.74) is 3.44. The molecule has 0 aliphatic heterocycles. The Morgan fingerprint density at radius 2 is 1.65 bits per heavy atom. The van der Waals surface area contributed by atoms with Gasteiger partial charge in [-0.25, -0.2) is 4.39 Å². The number of hydrogen-bond donors (Lipinski definition) is 0. The molecule has 0 bridgehead atoms. The van der Waals surface area contributed by atoms with E-state index >= 15 is 0 Å². The highest BCUT2D eigenvalue weighted by atomic mass is 19.1. The zero-order chi connectivity index (χ0) is 16.0. The number of pyridine rings is 2. The monoisotopic (exact) mass is 304 g/mol. The lowest BCUT2D eigenvalue weighted by Crippen LogP contribution is -2.09. The number of aryl methyl sites for hydroxylation is 1. The molecule has 0 aliphatic rings. The highest BCUT2D eigenvalue weighted by Gasteiger charge is 2.10. The summed E-state index contributed by atoms with van der Waals surface area (Å²) in [6.07, 6.45) is 3.48. The van der Waals surface area contributed by atoms with Crippen molar-refractivity contribution in [2.45, 2.75) is 0 Å². The molecule has 0 aliphatic carbocycles. The first-order chi connectivity index (χ1) is 11.1. The molecule has 3 nitrogen and oxygen atoms in total. The minimum Gasteiger partial charge on any atom is -0.343 e. The van der Waals surface area contributed by atoms with Crippen LogP contribution in [0.5, 0.6) is 0 Å². The van der Waals surface area contributed by atoms with Crippen molar-refractivity contribution < 1.29 is 4.39 Å². The second kappa shape index (κ2) is 5.02. The van der Waals surface area contributed by atoms with Crippen LogP contribution in [0.2, 0.25) is 0 Å². The summed E-state index contributed by atoms with van der Waals surface area (Å²) in [6, 6.07) is 13.9. The summed E-state index contributed by atoms with van der Waals surface area (Å²) in [6.45, 7) is 0. The molecule has 0 saturated carbocycles. The molecule has 4 heteroatoms. The topological polar surface area (TPSA) is 34.9 Å². The second-order valence-corrected chi connectivity index (χ2v) is 5.52. The Kier molecular flexibility index (Phi) is 2.98. The summed E-state index contributed by atoms with van der Waals surface area (Å²) in [5, 5.41) is 0.986. The molecular formula is C19H13FN2O. The summed E-state index contributed by atoms with van der Waals surface area (Å²) >= 11 is 0. The van der Waals surface area contributed by atoms with Crippen molar-refractivity contribution in [1.82, 2.24) is 9.55 Å². The molecular weight excluding hydrogens is 291 g/mol. The van der Waals surface area contributed by atoms with Gasteiger partial charge in [-0.15, -0.1) is 0 Å². The van der Waals surface area contributed by atoms with Crippen molar-refractivity contribution in [3.05, 3.63) is 77.0 Å². The van der Waals surface area contributed by atoms with Gasteiger partial charge < -0.3 is 4.57 Å². The number of rotatable bonds is 1. The Morgan fingerprint density at radius 3 is 2.43 bits per heavy atom. The van der Waals surface area contributed by atoms with Gasteiger partial charge in [0.1, 0.15) is 5.82 Å². The van der Waals surface area contributed by atoms with Gasteiger partial charge in [0.25, 0.3) is 0 Å². The number of nitrogens with zero attached hydrogens (tertiary/aromatic N) is 2. The standard InChI is InChI=1S/C19H13FN2O/c1-22-17-5-3-14(20)11-16(17)19(23)15-4-2-13(10-18(15)22)12-6-8-21-9-7-12/h2-11H,1H3. The van der Waals surface area contributed by atoms with Crippen molar-refractivity contribution in [1.29, 1.82) is 0 Å². The Hall–Kier alpha value is -3.01. The van der Waals surface area contributed by atoms with E-state index in [-0.39, 0.29) is 5.43 Å². The average molecular weight is 304 g/mol. The molecule has 0 radical (unpaired) electrons. The van der Waals surface area contributed by atoms with Crippen LogP contribution in [0.1, 0.15) is 0 Å². The molecule has 0 saturated heterocycles. The smallest absolute Gasteiger partial charge is 0.197 e. The zero-order valence-corrected chi connectivity index (χ0v) is 12.5. The van der Waals surface area contributed by atoms with Gasteiger partial charge in [-0.1, -0.05) is 6.07 Å². The van der Waals surface area contributed by atoms with Gasteiger partial charge in [0.15, 0.2) is 5.43 Å². The molecule has 0 fully saturated rings. The molecule has 2 aromatic carbocycles. The highest BCUT2D eigenvalue weighted by molar-refractivity contribution is 5.95. The Balaban J connectivity index is 2.10. The van der Waals surface area contributed by atoms with Crippen molar-refractivity contribution in [3.8, 4) is 11.1 Å². The van der Waals surface area contributed by atoms with Crippen LogP contribution < -0.4 is 5.43 Å². The van der Waals surface area contributed by atoms with Crippen molar-refractivity contribution in [2.24, 2.45) is 7.05 Å². The molecule has 4 rings (SSSR count). The van der Waals surface area contributed by atoms with Crippen LogP contribution in [0.15, 0.2) is 65.7 Å². The average Bonchev–Trinajstić information content (AvgIpc) is 2.60. The van der Waals surface area contributed by atoms with Crippen molar-refractivity contribution in [3.63, 3.8) is 0 Å². The third-order valence-corrected chi connectivity index (χ3v) is 4.18. The molecule has 0 spiro atoms. The summed E-state index contributed by atoms with van der Waals surface area (Å²) in [7, 11) is 1.89. The minimum atomic E-state index is -0.401. The fourth-order valence-electron chi connectivity index (χ4n) is 2.98. The van der Waals surface area contributed by atoms with E-state index < -0.39 is 5.82 Å². The van der Waals surface area contributed by atoms with E-state index in [1.807, 2.05) is 35.9 Å². The summed E-state index contributed by atoms with van der Waals surface area (Å²) < 4.78 is 15.4. The van der Waals surface area contributed by atoms with Crippen LogP contribution in [0, 0.1) is 5.82 Å². The van der Waals surface area contributed by atoms with Gasteiger partial charge in [-0.2, -0.15) is 0 Å². The first-order valence-corrected chi connectivity index (χ1v) is 7.27. The molecule has 4 aromatic rings. The van der Waals surface area contributed by atoms with Crippen LogP contribution in [-0.2, 0) is 7.05 Å². The normalized spacial score (nSPS) is 11.2.